The van der Waals surface area contributed by atoms with Crippen LogP contribution in [0.5, 0.6) is 5.75 Å². The predicted molar refractivity (Wildman–Crippen MR) is 132 cm³/mol. The summed E-state index contributed by atoms with van der Waals surface area (Å²) in [5, 5.41) is 0. The highest BCUT2D eigenvalue weighted by atomic mass is 16.5. The Kier molecular flexibility index (Phi) is 7.48. The fourth-order valence-corrected chi connectivity index (χ4v) is 4.93. The van der Waals surface area contributed by atoms with Crippen LogP contribution in [0.15, 0.2) is 54.2 Å². The number of imide groups is 1. The fraction of sp³-hybridized carbons (Fsp3) is 0.429. The van der Waals surface area contributed by atoms with Crippen molar-refractivity contribution in [2.45, 2.75) is 58.3 Å². The molecule has 0 saturated heterocycles. The van der Waals surface area contributed by atoms with Gasteiger partial charge < -0.3 is 9.64 Å². The maximum absolute atomic E-state index is 13.7. The van der Waals surface area contributed by atoms with Gasteiger partial charge in [-0.15, -0.1) is 0 Å². The van der Waals surface area contributed by atoms with Gasteiger partial charge in [0.2, 0.25) is 0 Å². The van der Waals surface area contributed by atoms with Crippen molar-refractivity contribution in [1.29, 1.82) is 0 Å². The normalized spacial score (nSPS) is 15.9. The molecular formula is C28H34N2O3. The summed E-state index contributed by atoms with van der Waals surface area (Å²) in [7, 11) is 1.60. The smallest absolute Gasteiger partial charge is 0.278 e. The molecule has 2 aliphatic heterocycles. The average molecular weight is 447 g/mol. The topological polar surface area (TPSA) is 49.9 Å². The predicted octanol–water partition coefficient (Wildman–Crippen LogP) is 5.59. The maximum atomic E-state index is 13.7. The lowest BCUT2D eigenvalue weighted by molar-refractivity contribution is -0.137. The zero-order valence-corrected chi connectivity index (χ0v) is 19.8. The minimum atomic E-state index is -0.212. The van der Waals surface area contributed by atoms with Crippen LogP contribution < -0.4 is 9.64 Å². The number of rotatable bonds is 10. The van der Waals surface area contributed by atoms with Crippen molar-refractivity contribution in [2.24, 2.45) is 0 Å². The third-order valence-electron chi connectivity index (χ3n) is 6.64. The molecule has 5 nitrogen and oxygen atoms in total. The molecule has 2 aromatic rings. The van der Waals surface area contributed by atoms with E-state index in [1.54, 1.807) is 7.11 Å². The Morgan fingerprint density at radius 1 is 0.879 bits per heavy atom. The lowest BCUT2D eigenvalue weighted by Gasteiger charge is -2.32. The van der Waals surface area contributed by atoms with Crippen LogP contribution in [0.2, 0.25) is 0 Å². The van der Waals surface area contributed by atoms with Crippen molar-refractivity contribution in [2.75, 3.05) is 25.1 Å². The Labute approximate surface area is 197 Å². The summed E-state index contributed by atoms with van der Waals surface area (Å²) < 4.78 is 5.58. The SMILES string of the molecule is CCCCCCCCN1C(=O)C(c2ccccc2OC)=C(N2CCCc3ccccc32)C1=O. The number of amides is 2. The van der Waals surface area contributed by atoms with Gasteiger partial charge in [0.15, 0.2) is 0 Å². The molecule has 2 heterocycles. The summed E-state index contributed by atoms with van der Waals surface area (Å²) in [6.07, 6.45) is 8.58. The Morgan fingerprint density at radius 3 is 2.42 bits per heavy atom. The summed E-state index contributed by atoms with van der Waals surface area (Å²) >= 11 is 0. The highest BCUT2D eigenvalue weighted by Gasteiger charge is 2.43. The van der Waals surface area contributed by atoms with Gasteiger partial charge in [0.25, 0.3) is 11.8 Å². The first-order valence-electron chi connectivity index (χ1n) is 12.3. The third kappa shape index (κ3) is 4.68. The number of nitrogens with zero attached hydrogens (tertiary/aromatic N) is 2. The van der Waals surface area contributed by atoms with Crippen LogP contribution in [0.4, 0.5) is 5.69 Å². The second kappa shape index (κ2) is 10.7. The van der Waals surface area contributed by atoms with Crippen molar-refractivity contribution < 1.29 is 14.3 Å². The molecule has 0 unspecified atom stereocenters. The molecule has 5 heteroatoms. The zero-order valence-electron chi connectivity index (χ0n) is 19.8. The number of carbonyl (C=O) groups is 2. The number of carbonyl (C=O) groups excluding carboxylic acids is 2. The average Bonchev–Trinajstić information content (AvgIpc) is 3.10. The van der Waals surface area contributed by atoms with Crippen LogP contribution in [0.1, 0.15) is 63.0 Å². The van der Waals surface area contributed by atoms with E-state index in [-0.39, 0.29) is 11.8 Å². The monoisotopic (exact) mass is 446 g/mol. The van der Waals surface area contributed by atoms with E-state index in [9.17, 15) is 9.59 Å². The molecular weight excluding hydrogens is 412 g/mol. The van der Waals surface area contributed by atoms with E-state index in [0.717, 1.165) is 44.3 Å². The quantitative estimate of drug-likeness (QED) is 0.353. The van der Waals surface area contributed by atoms with Crippen molar-refractivity contribution in [1.82, 2.24) is 4.90 Å². The Balaban J connectivity index is 1.69. The van der Waals surface area contributed by atoms with Crippen molar-refractivity contribution in [3.05, 3.63) is 65.4 Å². The van der Waals surface area contributed by atoms with Gasteiger partial charge in [0.05, 0.1) is 12.7 Å². The van der Waals surface area contributed by atoms with E-state index in [0.29, 0.717) is 29.1 Å². The Bertz CT molecular complexity index is 1040. The number of aryl methyl sites for hydroxylation is 1. The van der Waals surface area contributed by atoms with E-state index in [1.807, 2.05) is 36.4 Å². The van der Waals surface area contributed by atoms with Gasteiger partial charge in [-0.3, -0.25) is 14.5 Å². The molecule has 2 aromatic carbocycles. The van der Waals surface area contributed by atoms with Crippen LogP contribution in [0, 0.1) is 0 Å². The first kappa shape index (κ1) is 23.1. The number of unbranched alkanes of at least 4 members (excludes halogenated alkanes) is 5. The van der Waals surface area contributed by atoms with E-state index >= 15 is 0 Å². The number of fused-ring (bicyclic) bond motifs is 1. The molecule has 0 N–H and O–H groups in total. The van der Waals surface area contributed by atoms with Crippen molar-refractivity contribution in [3.8, 4) is 5.75 Å². The van der Waals surface area contributed by atoms with E-state index in [2.05, 4.69) is 24.0 Å². The largest absolute Gasteiger partial charge is 0.496 e. The van der Waals surface area contributed by atoms with Crippen molar-refractivity contribution >= 4 is 23.1 Å². The number of para-hydroxylation sites is 2. The molecule has 0 radical (unpaired) electrons. The lowest BCUT2D eigenvalue weighted by Crippen LogP contribution is -2.37. The highest BCUT2D eigenvalue weighted by Crippen LogP contribution is 2.40. The van der Waals surface area contributed by atoms with Crippen molar-refractivity contribution in [3.63, 3.8) is 0 Å². The molecule has 0 fully saturated rings. The Morgan fingerprint density at radius 2 is 1.61 bits per heavy atom. The number of anilines is 1. The molecule has 0 bridgehead atoms. The van der Waals surface area contributed by atoms with E-state index in [1.165, 1.54) is 29.7 Å². The molecule has 0 saturated carbocycles. The first-order chi connectivity index (χ1) is 16.2. The molecule has 0 aliphatic carbocycles. The fourth-order valence-electron chi connectivity index (χ4n) is 4.93. The highest BCUT2D eigenvalue weighted by molar-refractivity contribution is 6.37. The second-order valence-electron chi connectivity index (χ2n) is 8.84. The van der Waals surface area contributed by atoms with Gasteiger partial charge in [-0.25, -0.2) is 0 Å². The van der Waals surface area contributed by atoms with Crippen LogP contribution in [0.3, 0.4) is 0 Å². The first-order valence-corrected chi connectivity index (χ1v) is 12.3. The molecule has 2 amide bonds. The summed E-state index contributed by atoms with van der Waals surface area (Å²) in [4.78, 5) is 30.9. The van der Waals surface area contributed by atoms with E-state index in [4.69, 9.17) is 4.74 Å². The number of methoxy groups -OCH3 is 1. The molecule has 0 spiro atoms. The lowest BCUT2D eigenvalue weighted by atomic mass is 9.98. The molecule has 33 heavy (non-hydrogen) atoms. The van der Waals surface area contributed by atoms with Crippen LogP contribution in [-0.2, 0) is 16.0 Å². The summed E-state index contributed by atoms with van der Waals surface area (Å²) in [6.45, 7) is 3.38. The molecule has 174 valence electrons. The van der Waals surface area contributed by atoms with Gasteiger partial charge in [-0.05, 0) is 37.0 Å². The van der Waals surface area contributed by atoms with Gasteiger partial charge in [0, 0.05) is 24.3 Å². The minimum absolute atomic E-state index is 0.189. The van der Waals surface area contributed by atoms with Gasteiger partial charge >= 0.3 is 0 Å². The second-order valence-corrected chi connectivity index (χ2v) is 8.84. The molecule has 0 aromatic heterocycles. The Hall–Kier alpha value is -3.08. The van der Waals surface area contributed by atoms with Crippen LogP contribution in [0.25, 0.3) is 5.57 Å². The summed E-state index contributed by atoms with van der Waals surface area (Å²) in [6, 6.07) is 15.7. The minimum Gasteiger partial charge on any atom is -0.496 e. The summed E-state index contributed by atoms with van der Waals surface area (Å²) in [5.41, 5.74) is 3.86. The number of hydrogen-bond donors (Lipinski definition) is 0. The number of hydrogen-bond acceptors (Lipinski definition) is 4. The molecule has 4 rings (SSSR count). The van der Waals surface area contributed by atoms with Crippen LogP contribution >= 0.6 is 0 Å². The van der Waals surface area contributed by atoms with Gasteiger partial charge in [-0.2, -0.15) is 0 Å². The summed E-state index contributed by atoms with van der Waals surface area (Å²) in [5.74, 6) is 0.208. The standard InChI is InChI=1S/C28H34N2O3/c1-3-4-5-6-7-12-19-30-27(31)25(22-16-9-11-18-24(22)33-2)26(28(30)32)29-20-13-15-21-14-8-10-17-23(21)29/h8-11,14,16-18H,3-7,12-13,15,19-20H2,1-2H3. The van der Waals surface area contributed by atoms with Gasteiger partial charge in [0.1, 0.15) is 11.4 Å². The van der Waals surface area contributed by atoms with E-state index < -0.39 is 0 Å². The number of ether oxygens (including phenoxy) is 1. The van der Waals surface area contributed by atoms with Crippen LogP contribution in [-0.4, -0.2) is 36.9 Å². The molecule has 0 atom stereocenters. The van der Waals surface area contributed by atoms with Gasteiger partial charge in [-0.1, -0.05) is 75.4 Å². The number of benzene rings is 2. The molecule has 2 aliphatic rings. The third-order valence-corrected chi connectivity index (χ3v) is 6.64. The maximum Gasteiger partial charge on any atom is 0.278 e. The zero-order chi connectivity index (χ0) is 23.2.